The molecule has 31 heavy (non-hydrogen) atoms. The van der Waals surface area contributed by atoms with Crippen LogP contribution in [0.25, 0.3) is 21.7 Å². The monoisotopic (exact) mass is 435 g/mol. The molecule has 3 heterocycles. The molecule has 4 aromatic rings. The van der Waals surface area contributed by atoms with E-state index in [4.69, 9.17) is 4.74 Å². The topological polar surface area (TPSA) is 81.9 Å². The van der Waals surface area contributed by atoms with Gasteiger partial charge in [-0.3, -0.25) is 4.79 Å². The van der Waals surface area contributed by atoms with Crippen LogP contribution in [0, 0.1) is 20.8 Å². The number of ether oxygens (including phenoxy) is 1. The minimum atomic E-state index is -0.198. The van der Waals surface area contributed by atoms with Crippen LogP contribution >= 0.6 is 11.3 Å². The summed E-state index contributed by atoms with van der Waals surface area (Å²) in [6.07, 6.45) is 0. The lowest BCUT2D eigenvalue weighted by molar-refractivity contribution is -0.123. The molecule has 0 aliphatic carbocycles. The summed E-state index contributed by atoms with van der Waals surface area (Å²) in [4.78, 5) is 21.5. The van der Waals surface area contributed by atoms with Crippen LogP contribution in [0.2, 0.25) is 0 Å². The fourth-order valence-electron chi connectivity index (χ4n) is 3.45. The van der Waals surface area contributed by atoms with Gasteiger partial charge >= 0.3 is 0 Å². The van der Waals surface area contributed by atoms with E-state index in [0.29, 0.717) is 11.5 Å². The Bertz CT molecular complexity index is 1240. The van der Waals surface area contributed by atoms with Crippen molar-refractivity contribution in [2.45, 2.75) is 33.7 Å². The molecule has 1 atom stereocenters. The van der Waals surface area contributed by atoms with E-state index in [1.165, 1.54) is 5.56 Å². The standard InChI is InChI=1S/C23H25N5O2S/c1-13-6-8-17(9-7-13)16(4)25-18(29)11-30-19-10-14(2)20-21(23-24-15(3)12-31-23)27-28(5)22(20)26-19/h6-10,12,16H,11H2,1-5H3,(H,25,29)/t16-/m0/s1. The number of amides is 1. The van der Waals surface area contributed by atoms with E-state index in [0.717, 1.165) is 32.9 Å². The molecule has 4 rings (SSSR count). The number of carbonyl (C=O) groups excluding carboxylic acids is 1. The molecule has 0 spiro atoms. The lowest BCUT2D eigenvalue weighted by atomic mass is 10.1. The van der Waals surface area contributed by atoms with Crippen molar-refractivity contribution in [2.75, 3.05) is 6.61 Å². The molecule has 0 saturated heterocycles. The van der Waals surface area contributed by atoms with Crippen molar-refractivity contribution in [3.8, 4) is 16.6 Å². The molecule has 1 aromatic carbocycles. The van der Waals surface area contributed by atoms with Crippen LogP contribution in [0.5, 0.6) is 5.88 Å². The summed E-state index contributed by atoms with van der Waals surface area (Å²) in [6, 6.07) is 9.84. The summed E-state index contributed by atoms with van der Waals surface area (Å²) >= 11 is 1.56. The number of hydrogen-bond acceptors (Lipinski definition) is 6. The number of benzene rings is 1. The van der Waals surface area contributed by atoms with Crippen LogP contribution in [0.4, 0.5) is 0 Å². The highest BCUT2D eigenvalue weighted by molar-refractivity contribution is 7.13. The van der Waals surface area contributed by atoms with E-state index >= 15 is 0 Å². The first-order chi connectivity index (χ1) is 14.8. The van der Waals surface area contributed by atoms with Gasteiger partial charge in [-0.2, -0.15) is 10.1 Å². The highest BCUT2D eigenvalue weighted by atomic mass is 32.1. The molecule has 1 N–H and O–H groups in total. The van der Waals surface area contributed by atoms with E-state index in [1.807, 2.05) is 70.5 Å². The first kappa shape index (κ1) is 21.0. The SMILES string of the molecule is Cc1ccc([C@H](C)NC(=O)COc2cc(C)c3c(-c4nc(C)cs4)nn(C)c3n2)cc1. The zero-order chi connectivity index (χ0) is 22.1. The second kappa shape index (κ2) is 8.47. The number of fused-ring (bicyclic) bond motifs is 1. The summed E-state index contributed by atoms with van der Waals surface area (Å²) in [5, 5.41) is 11.4. The smallest absolute Gasteiger partial charge is 0.258 e. The van der Waals surface area contributed by atoms with Crippen molar-refractivity contribution in [3.63, 3.8) is 0 Å². The number of carbonyl (C=O) groups is 1. The van der Waals surface area contributed by atoms with Gasteiger partial charge in [0.1, 0.15) is 10.7 Å². The lowest BCUT2D eigenvalue weighted by Crippen LogP contribution is -2.31. The van der Waals surface area contributed by atoms with E-state index in [2.05, 4.69) is 20.4 Å². The van der Waals surface area contributed by atoms with Crippen LogP contribution in [-0.4, -0.2) is 32.3 Å². The number of nitrogens with zero attached hydrogens (tertiary/aromatic N) is 4. The summed E-state index contributed by atoms with van der Waals surface area (Å²) in [6.45, 7) is 7.84. The Balaban J connectivity index is 1.48. The van der Waals surface area contributed by atoms with E-state index in [-0.39, 0.29) is 18.6 Å². The Morgan fingerprint density at radius 2 is 1.94 bits per heavy atom. The third-order valence-electron chi connectivity index (χ3n) is 5.09. The molecule has 7 nitrogen and oxygen atoms in total. The molecule has 1 amide bonds. The van der Waals surface area contributed by atoms with Crippen LogP contribution in [0.15, 0.2) is 35.7 Å². The minimum absolute atomic E-state index is 0.102. The molecule has 0 unspecified atom stereocenters. The van der Waals surface area contributed by atoms with Crippen LogP contribution in [0.1, 0.15) is 35.3 Å². The highest BCUT2D eigenvalue weighted by Gasteiger charge is 2.18. The van der Waals surface area contributed by atoms with Crippen molar-refractivity contribution in [1.29, 1.82) is 0 Å². The Hall–Kier alpha value is -3.26. The van der Waals surface area contributed by atoms with Gasteiger partial charge in [-0.1, -0.05) is 29.8 Å². The van der Waals surface area contributed by atoms with Crippen molar-refractivity contribution in [2.24, 2.45) is 7.05 Å². The normalized spacial score (nSPS) is 12.2. The summed E-state index contributed by atoms with van der Waals surface area (Å²) in [7, 11) is 1.85. The Morgan fingerprint density at radius 1 is 1.19 bits per heavy atom. The molecule has 8 heteroatoms. The zero-order valence-electron chi connectivity index (χ0n) is 18.3. The predicted octanol–water partition coefficient (Wildman–Crippen LogP) is 4.27. The van der Waals surface area contributed by atoms with Crippen LogP contribution in [-0.2, 0) is 11.8 Å². The van der Waals surface area contributed by atoms with Gasteiger partial charge in [-0.15, -0.1) is 11.3 Å². The number of thiazole rings is 1. The number of nitrogens with one attached hydrogen (secondary N) is 1. The van der Waals surface area contributed by atoms with Crippen LogP contribution in [0.3, 0.4) is 0 Å². The summed E-state index contributed by atoms with van der Waals surface area (Å²) < 4.78 is 7.43. The third kappa shape index (κ3) is 4.44. The van der Waals surface area contributed by atoms with Gasteiger partial charge in [-0.25, -0.2) is 9.67 Å². The second-order valence-electron chi connectivity index (χ2n) is 7.73. The average molecular weight is 436 g/mol. The second-order valence-corrected chi connectivity index (χ2v) is 8.59. The molecule has 3 aromatic heterocycles. The maximum absolute atomic E-state index is 12.4. The fourth-order valence-corrected chi connectivity index (χ4v) is 4.23. The molecule has 160 valence electrons. The van der Waals surface area contributed by atoms with Gasteiger partial charge in [0.05, 0.1) is 11.4 Å². The van der Waals surface area contributed by atoms with Gasteiger partial charge in [0, 0.05) is 24.2 Å². The molecule has 0 aliphatic heterocycles. The predicted molar refractivity (Wildman–Crippen MR) is 122 cm³/mol. The van der Waals surface area contributed by atoms with E-state index in [9.17, 15) is 4.79 Å². The van der Waals surface area contributed by atoms with Gasteiger partial charge in [0.25, 0.3) is 5.91 Å². The Kier molecular flexibility index (Phi) is 5.73. The Labute approximate surface area is 185 Å². The lowest BCUT2D eigenvalue weighted by Gasteiger charge is -2.15. The number of rotatable bonds is 6. The number of aryl methyl sites for hydroxylation is 4. The molecular formula is C23H25N5O2S. The Morgan fingerprint density at radius 3 is 2.61 bits per heavy atom. The molecule has 0 saturated carbocycles. The largest absolute Gasteiger partial charge is 0.468 e. The van der Waals surface area contributed by atoms with Crippen molar-refractivity contribution >= 4 is 28.3 Å². The molecule has 0 aliphatic rings. The van der Waals surface area contributed by atoms with Crippen LogP contribution < -0.4 is 10.1 Å². The van der Waals surface area contributed by atoms with Gasteiger partial charge in [0.15, 0.2) is 12.3 Å². The fraction of sp³-hybridized carbons (Fsp3) is 0.304. The first-order valence-corrected chi connectivity index (χ1v) is 11.0. The van der Waals surface area contributed by atoms with E-state index < -0.39 is 0 Å². The molecule has 0 fully saturated rings. The van der Waals surface area contributed by atoms with Gasteiger partial charge in [0.2, 0.25) is 5.88 Å². The minimum Gasteiger partial charge on any atom is -0.468 e. The third-order valence-corrected chi connectivity index (χ3v) is 6.06. The first-order valence-electron chi connectivity index (χ1n) is 10.1. The van der Waals surface area contributed by atoms with Crippen molar-refractivity contribution in [1.82, 2.24) is 25.1 Å². The summed E-state index contributed by atoms with van der Waals surface area (Å²) in [5.41, 5.74) is 5.70. The number of aromatic nitrogens is 4. The molecule has 0 bridgehead atoms. The number of hydrogen-bond donors (Lipinski definition) is 1. The summed E-state index contributed by atoms with van der Waals surface area (Å²) in [5.74, 6) is 0.199. The van der Waals surface area contributed by atoms with Crippen molar-refractivity contribution < 1.29 is 9.53 Å². The number of pyridine rings is 1. The quantitative estimate of drug-likeness (QED) is 0.489. The van der Waals surface area contributed by atoms with Gasteiger partial charge in [-0.05, 0) is 38.8 Å². The highest BCUT2D eigenvalue weighted by Crippen LogP contribution is 2.32. The average Bonchev–Trinajstić information content (AvgIpc) is 3.30. The molecule has 0 radical (unpaired) electrons. The maximum Gasteiger partial charge on any atom is 0.258 e. The maximum atomic E-state index is 12.4. The molecular weight excluding hydrogens is 410 g/mol. The van der Waals surface area contributed by atoms with Gasteiger partial charge < -0.3 is 10.1 Å². The zero-order valence-corrected chi connectivity index (χ0v) is 19.1. The van der Waals surface area contributed by atoms with Crippen molar-refractivity contribution in [3.05, 3.63) is 58.1 Å². The van der Waals surface area contributed by atoms with E-state index in [1.54, 1.807) is 16.0 Å².